The average Bonchev–Trinajstić information content (AvgIpc) is 2.02. The van der Waals surface area contributed by atoms with Crippen LogP contribution in [0.25, 0.3) is 0 Å². The van der Waals surface area contributed by atoms with Gasteiger partial charge >= 0.3 is 5.97 Å². The zero-order valence-electron chi connectivity index (χ0n) is 8.04. The van der Waals surface area contributed by atoms with Gasteiger partial charge < -0.3 is 5.11 Å². The average molecular weight is 214 g/mol. The first-order valence-electron chi connectivity index (χ1n) is 4.15. The number of hydrogen-bond donors (Lipinski definition) is 1. The number of rotatable bonds is 2. The van der Waals surface area contributed by atoms with Crippen molar-refractivity contribution in [2.75, 3.05) is 0 Å². The van der Waals surface area contributed by atoms with Crippen LogP contribution in [-0.2, 0) is 10.2 Å². The molecular formula is C10H12FO2P. The Morgan fingerprint density at radius 2 is 2.07 bits per heavy atom. The number of carbonyl (C=O) groups is 1. The number of aliphatic carboxylic acids is 1. The van der Waals surface area contributed by atoms with Gasteiger partial charge in [-0.3, -0.25) is 4.79 Å². The first-order valence-corrected chi connectivity index (χ1v) is 4.73. The molecule has 0 fully saturated rings. The van der Waals surface area contributed by atoms with Crippen LogP contribution in [0.3, 0.4) is 0 Å². The number of carboxylic acids is 1. The Kier molecular flexibility index (Phi) is 2.91. The Hall–Kier alpha value is -0.950. The van der Waals surface area contributed by atoms with Gasteiger partial charge in [0.05, 0.1) is 5.41 Å². The highest BCUT2D eigenvalue weighted by Gasteiger charge is 2.33. The molecule has 14 heavy (non-hydrogen) atoms. The fourth-order valence-electron chi connectivity index (χ4n) is 1.31. The second-order valence-electron chi connectivity index (χ2n) is 3.63. The third-order valence-electron chi connectivity index (χ3n) is 2.21. The molecule has 0 radical (unpaired) electrons. The Morgan fingerprint density at radius 3 is 2.50 bits per heavy atom. The van der Waals surface area contributed by atoms with E-state index >= 15 is 0 Å². The molecule has 1 unspecified atom stereocenters. The van der Waals surface area contributed by atoms with Crippen LogP contribution in [0.1, 0.15) is 19.4 Å². The summed E-state index contributed by atoms with van der Waals surface area (Å²) in [7, 11) is 2.35. The van der Waals surface area contributed by atoms with Gasteiger partial charge in [0.2, 0.25) is 0 Å². The highest BCUT2D eigenvalue weighted by molar-refractivity contribution is 7.27. The van der Waals surface area contributed by atoms with Crippen molar-refractivity contribution in [3.63, 3.8) is 0 Å². The Labute approximate surface area is 84.3 Å². The van der Waals surface area contributed by atoms with Crippen molar-refractivity contribution in [2.45, 2.75) is 19.3 Å². The van der Waals surface area contributed by atoms with Gasteiger partial charge in [0.1, 0.15) is 5.82 Å². The number of carboxylic acid groups (broad SMARTS) is 1. The molecule has 0 saturated heterocycles. The summed E-state index contributed by atoms with van der Waals surface area (Å²) in [5.74, 6) is -1.52. The molecule has 0 aliphatic heterocycles. The minimum atomic E-state index is -1.21. The molecule has 1 N–H and O–H groups in total. The molecule has 0 aliphatic rings. The van der Waals surface area contributed by atoms with E-state index < -0.39 is 17.2 Å². The van der Waals surface area contributed by atoms with Crippen LogP contribution in [0.2, 0.25) is 0 Å². The molecule has 4 heteroatoms. The standard InChI is InChI=1S/C10H12FO2P/c1-10(2,9(12)13)8-6(11)4-3-5-7(8)14/h3-5H,14H2,1-2H3,(H,12,13). The first kappa shape index (κ1) is 11.1. The summed E-state index contributed by atoms with van der Waals surface area (Å²) in [5, 5.41) is 9.55. The van der Waals surface area contributed by atoms with Crippen LogP contribution < -0.4 is 5.30 Å². The predicted molar refractivity (Wildman–Crippen MR) is 56.4 cm³/mol. The third-order valence-corrected chi connectivity index (χ3v) is 2.69. The fraction of sp³-hybridized carbons (Fsp3) is 0.300. The molecule has 0 aliphatic carbocycles. The van der Waals surface area contributed by atoms with E-state index in [-0.39, 0.29) is 5.56 Å². The molecule has 1 aromatic rings. The third kappa shape index (κ3) is 1.78. The van der Waals surface area contributed by atoms with E-state index in [0.29, 0.717) is 5.30 Å². The quantitative estimate of drug-likeness (QED) is 0.760. The van der Waals surface area contributed by atoms with Crippen LogP contribution in [0.15, 0.2) is 18.2 Å². The maximum absolute atomic E-state index is 13.4. The van der Waals surface area contributed by atoms with E-state index in [0.717, 1.165) is 0 Å². The zero-order valence-corrected chi connectivity index (χ0v) is 9.20. The lowest BCUT2D eigenvalue weighted by molar-refractivity contribution is -0.142. The van der Waals surface area contributed by atoms with E-state index in [9.17, 15) is 9.18 Å². The number of halogens is 1. The van der Waals surface area contributed by atoms with Crippen molar-refractivity contribution in [2.24, 2.45) is 0 Å². The molecule has 0 heterocycles. The van der Waals surface area contributed by atoms with Gasteiger partial charge in [-0.05, 0) is 25.2 Å². The largest absolute Gasteiger partial charge is 0.481 e. The van der Waals surface area contributed by atoms with Crippen molar-refractivity contribution >= 4 is 20.5 Å². The summed E-state index contributed by atoms with van der Waals surface area (Å²) in [5.41, 5.74) is -0.986. The minimum absolute atomic E-state index is 0.220. The zero-order chi connectivity index (χ0) is 10.9. The van der Waals surface area contributed by atoms with E-state index in [4.69, 9.17) is 5.11 Å². The summed E-state index contributed by atoms with van der Waals surface area (Å²) in [6, 6.07) is 4.50. The normalized spacial score (nSPS) is 11.4. The number of benzene rings is 1. The second kappa shape index (κ2) is 3.66. The minimum Gasteiger partial charge on any atom is -0.481 e. The van der Waals surface area contributed by atoms with Gasteiger partial charge in [0.15, 0.2) is 0 Å². The Bertz CT molecular complexity index is 354. The summed E-state index contributed by atoms with van der Waals surface area (Å²) < 4.78 is 13.4. The molecule has 0 spiro atoms. The van der Waals surface area contributed by atoms with Crippen LogP contribution in [-0.4, -0.2) is 11.1 Å². The first-order chi connectivity index (χ1) is 6.37. The lowest BCUT2D eigenvalue weighted by Crippen LogP contribution is -2.33. The highest BCUT2D eigenvalue weighted by atomic mass is 31.0. The summed E-state index contributed by atoms with van der Waals surface area (Å²) >= 11 is 0. The Balaban J connectivity index is 3.38. The van der Waals surface area contributed by atoms with Gasteiger partial charge in [-0.1, -0.05) is 12.1 Å². The van der Waals surface area contributed by atoms with Crippen LogP contribution in [0.4, 0.5) is 4.39 Å². The summed E-state index contributed by atoms with van der Waals surface area (Å²) in [6.45, 7) is 2.97. The molecule has 1 aromatic carbocycles. The molecule has 0 amide bonds. The van der Waals surface area contributed by atoms with Crippen molar-refractivity contribution in [3.8, 4) is 0 Å². The van der Waals surface area contributed by atoms with Crippen molar-refractivity contribution in [1.29, 1.82) is 0 Å². The highest BCUT2D eigenvalue weighted by Crippen LogP contribution is 2.25. The van der Waals surface area contributed by atoms with Crippen molar-refractivity contribution < 1.29 is 14.3 Å². The molecule has 1 rings (SSSR count). The molecule has 76 valence electrons. The predicted octanol–water partition coefficient (Wildman–Crippen LogP) is 1.69. The lowest BCUT2D eigenvalue weighted by atomic mass is 9.84. The van der Waals surface area contributed by atoms with Gasteiger partial charge in [0.25, 0.3) is 0 Å². The van der Waals surface area contributed by atoms with E-state index in [1.54, 1.807) is 12.1 Å². The van der Waals surface area contributed by atoms with E-state index in [1.807, 2.05) is 0 Å². The van der Waals surface area contributed by atoms with Gasteiger partial charge in [-0.15, -0.1) is 9.24 Å². The van der Waals surface area contributed by atoms with Gasteiger partial charge in [-0.25, -0.2) is 4.39 Å². The molecule has 0 saturated carbocycles. The van der Waals surface area contributed by atoms with Crippen LogP contribution >= 0.6 is 9.24 Å². The van der Waals surface area contributed by atoms with Crippen molar-refractivity contribution in [3.05, 3.63) is 29.6 Å². The maximum atomic E-state index is 13.4. The molecule has 0 aromatic heterocycles. The molecular weight excluding hydrogens is 202 g/mol. The summed E-state index contributed by atoms with van der Waals surface area (Å²) in [6.07, 6.45) is 0. The van der Waals surface area contributed by atoms with Crippen LogP contribution in [0, 0.1) is 5.82 Å². The SMILES string of the molecule is CC(C)(C(=O)O)c1c(F)cccc1P. The molecule has 1 atom stereocenters. The maximum Gasteiger partial charge on any atom is 0.313 e. The number of hydrogen-bond acceptors (Lipinski definition) is 1. The van der Waals surface area contributed by atoms with Gasteiger partial charge in [0, 0.05) is 5.56 Å². The van der Waals surface area contributed by atoms with Crippen molar-refractivity contribution in [1.82, 2.24) is 0 Å². The van der Waals surface area contributed by atoms with Crippen LogP contribution in [0.5, 0.6) is 0 Å². The van der Waals surface area contributed by atoms with E-state index in [2.05, 4.69) is 9.24 Å². The molecule has 2 nitrogen and oxygen atoms in total. The summed E-state index contributed by atoms with van der Waals surface area (Å²) in [4.78, 5) is 11.0. The van der Waals surface area contributed by atoms with E-state index in [1.165, 1.54) is 19.9 Å². The topological polar surface area (TPSA) is 37.3 Å². The monoisotopic (exact) mass is 214 g/mol. The fourth-order valence-corrected chi connectivity index (χ4v) is 1.92. The second-order valence-corrected chi connectivity index (χ2v) is 4.26. The molecule has 0 bridgehead atoms. The lowest BCUT2D eigenvalue weighted by Gasteiger charge is -2.22. The Morgan fingerprint density at radius 1 is 1.50 bits per heavy atom. The van der Waals surface area contributed by atoms with Gasteiger partial charge in [-0.2, -0.15) is 0 Å². The smallest absolute Gasteiger partial charge is 0.313 e.